The van der Waals surface area contributed by atoms with Crippen LogP contribution in [0.2, 0.25) is 12.6 Å². The minimum Gasteiger partial charge on any atom is -0.508 e. The maximum atomic E-state index is 9.73. The molecule has 0 spiro atoms. The van der Waals surface area contributed by atoms with Crippen LogP contribution in [0.25, 0.3) is 0 Å². The maximum absolute atomic E-state index is 9.73. The van der Waals surface area contributed by atoms with Gasteiger partial charge in [-0.25, -0.2) is 0 Å². The predicted molar refractivity (Wildman–Crippen MR) is 145 cm³/mol. The molecule has 0 heterocycles. The van der Waals surface area contributed by atoms with E-state index in [0.717, 1.165) is 25.3 Å². The van der Waals surface area contributed by atoms with Crippen LogP contribution in [0, 0.1) is 0 Å². The van der Waals surface area contributed by atoms with Gasteiger partial charge in [-0.15, -0.1) is 0 Å². The second-order valence-electron chi connectivity index (χ2n) is 9.73. The molecule has 0 amide bonds. The van der Waals surface area contributed by atoms with E-state index in [1.165, 1.54) is 21.9 Å². The molecule has 0 bridgehead atoms. The van der Waals surface area contributed by atoms with Crippen LogP contribution >= 0.6 is 0 Å². The highest BCUT2D eigenvalue weighted by Gasteiger charge is 2.48. The summed E-state index contributed by atoms with van der Waals surface area (Å²) in [5, 5.41) is 20.9. The Bertz CT molecular complexity index is 1080. The quantitative estimate of drug-likeness (QED) is 0.268. The SMILES string of the molecule is CC(CCc1ccc(O)cc1)(c1ccccc1)[Si](C)(CCc1ccc(O)cc1)c1ccccc1. The molecule has 0 aliphatic rings. The van der Waals surface area contributed by atoms with E-state index >= 15 is 0 Å². The van der Waals surface area contributed by atoms with Crippen LogP contribution in [0.3, 0.4) is 0 Å². The first-order valence-corrected chi connectivity index (χ1v) is 14.8. The number of hydrogen-bond acceptors (Lipinski definition) is 2. The summed E-state index contributed by atoms with van der Waals surface area (Å²) in [6.07, 6.45) is 2.98. The first-order valence-electron chi connectivity index (χ1n) is 12.1. The Hall–Kier alpha value is -3.30. The molecule has 174 valence electrons. The molecule has 34 heavy (non-hydrogen) atoms. The highest BCUT2D eigenvalue weighted by molar-refractivity contribution is 6.93. The first-order chi connectivity index (χ1) is 16.4. The third-order valence-corrected chi connectivity index (χ3v) is 13.6. The van der Waals surface area contributed by atoms with Gasteiger partial charge in [-0.3, -0.25) is 0 Å². The molecule has 2 nitrogen and oxygen atoms in total. The Morgan fingerprint density at radius 1 is 0.618 bits per heavy atom. The summed E-state index contributed by atoms with van der Waals surface area (Å²) in [6.45, 7) is 5.02. The van der Waals surface area contributed by atoms with E-state index in [4.69, 9.17) is 0 Å². The van der Waals surface area contributed by atoms with Crippen molar-refractivity contribution in [3.8, 4) is 11.5 Å². The van der Waals surface area contributed by atoms with Gasteiger partial charge < -0.3 is 10.2 Å². The molecule has 0 saturated heterocycles. The van der Waals surface area contributed by atoms with E-state index < -0.39 is 8.07 Å². The summed E-state index contributed by atoms with van der Waals surface area (Å²) < 4.78 is 0. The van der Waals surface area contributed by atoms with Crippen LogP contribution in [-0.4, -0.2) is 18.3 Å². The van der Waals surface area contributed by atoms with E-state index in [-0.39, 0.29) is 5.04 Å². The summed E-state index contributed by atoms with van der Waals surface area (Å²) in [6, 6.07) is 38.6. The molecular formula is C31H34O2Si. The van der Waals surface area contributed by atoms with Gasteiger partial charge in [-0.05, 0) is 71.3 Å². The molecule has 2 atom stereocenters. The zero-order valence-corrected chi connectivity index (χ0v) is 21.1. The van der Waals surface area contributed by atoms with Gasteiger partial charge in [0, 0.05) is 0 Å². The van der Waals surface area contributed by atoms with Gasteiger partial charge in [0.05, 0.1) is 8.07 Å². The van der Waals surface area contributed by atoms with Crippen molar-refractivity contribution in [2.45, 2.75) is 43.8 Å². The number of aryl methyl sites for hydroxylation is 2. The van der Waals surface area contributed by atoms with E-state index in [9.17, 15) is 10.2 Å². The molecule has 0 aromatic heterocycles. The molecule has 4 rings (SSSR count). The topological polar surface area (TPSA) is 40.5 Å². The van der Waals surface area contributed by atoms with E-state index in [0.29, 0.717) is 11.5 Å². The smallest absolute Gasteiger partial charge is 0.115 e. The predicted octanol–water partition coefficient (Wildman–Crippen LogP) is 6.76. The van der Waals surface area contributed by atoms with Crippen molar-refractivity contribution in [1.29, 1.82) is 0 Å². The van der Waals surface area contributed by atoms with E-state index in [2.05, 4.69) is 74.1 Å². The van der Waals surface area contributed by atoms with Crippen molar-refractivity contribution in [2.24, 2.45) is 0 Å². The normalized spacial score (nSPS) is 14.8. The lowest BCUT2D eigenvalue weighted by molar-refractivity contribution is 0.474. The lowest BCUT2D eigenvalue weighted by atomic mass is 9.92. The number of hydrogen-bond donors (Lipinski definition) is 2. The lowest BCUT2D eigenvalue weighted by Crippen LogP contribution is -2.61. The maximum Gasteiger partial charge on any atom is 0.115 e. The highest BCUT2D eigenvalue weighted by atomic mass is 28.3. The molecule has 4 aromatic rings. The zero-order valence-electron chi connectivity index (χ0n) is 20.1. The fraction of sp³-hybridized carbons (Fsp3) is 0.226. The van der Waals surface area contributed by atoms with Crippen molar-refractivity contribution < 1.29 is 10.2 Å². The Kier molecular flexibility index (Phi) is 7.23. The largest absolute Gasteiger partial charge is 0.508 e. The average molecular weight is 467 g/mol. The number of phenols is 2. The second kappa shape index (κ2) is 10.3. The molecule has 0 saturated carbocycles. The Morgan fingerprint density at radius 2 is 1.09 bits per heavy atom. The van der Waals surface area contributed by atoms with Gasteiger partial charge in [-0.2, -0.15) is 0 Å². The van der Waals surface area contributed by atoms with Crippen molar-refractivity contribution >= 4 is 13.3 Å². The summed E-state index contributed by atoms with van der Waals surface area (Å²) >= 11 is 0. The number of phenolic OH excluding ortho intramolecular Hbond substituents is 2. The van der Waals surface area contributed by atoms with Gasteiger partial charge in [0.2, 0.25) is 0 Å². The van der Waals surface area contributed by atoms with Crippen molar-refractivity contribution in [2.75, 3.05) is 0 Å². The summed E-state index contributed by atoms with van der Waals surface area (Å²) in [5.74, 6) is 0.627. The van der Waals surface area contributed by atoms with Crippen LogP contribution in [0.1, 0.15) is 30.0 Å². The number of aromatic hydroxyl groups is 2. The number of rotatable bonds is 9. The van der Waals surface area contributed by atoms with Crippen LogP contribution < -0.4 is 5.19 Å². The van der Waals surface area contributed by atoms with Crippen LogP contribution in [0.5, 0.6) is 11.5 Å². The summed E-state index contributed by atoms with van der Waals surface area (Å²) in [7, 11) is -2.09. The minimum absolute atomic E-state index is 0.00438. The summed E-state index contributed by atoms with van der Waals surface area (Å²) in [5.41, 5.74) is 3.92. The lowest BCUT2D eigenvalue weighted by Gasteiger charge is -2.47. The molecule has 0 aliphatic heterocycles. The van der Waals surface area contributed by atoms with Crippen molar-refractivity contribution in [3.05, 3.63) is 126 Å². The highest BCUT2D eigenvalue weighted by Crippen LogP contribution is 2.41. The van der Waals surface area contributed by atoms with Crippen molar-refractivity contribution in [3.63, 3.8) is 0 Å². The van der Waals surface area contributed by atoms with Crippen LogP contribution in [0.4, 0.5) is 0 Å². The van der Waals surface area contributed by atoms with Gasteiger partial charge >= 0.3 is 0 Å². The van der Waals surface area contributed by atoms with Gasteiger partial charge in [0.1, 0.15) is 11.5 Å². The van der Waals surface area contributed by atoms with Gasteiger partial charge in [-0.1, -0.05) is 104 Å². The molecular weight excluding hydrogens is 432 g/mol. The van der Waals surface area contributed by atoms with Crippen LogP contribution in [0.15, 0.2) is 109 Å². The average Bonchev–Trinajstić information content (AvgIpc) is 2.88. The second-order valence-corrected chi connectivity index (χ2v) is 14.6. The first kappa shape index (κ1) is 23.8. The van der Waals surface area contributed by atoms with Gasteiger partial charge in [0.25, 0.3) is 0 Å². The third kappa shape index (κ3) is 5.10. The minimum atomic E-state index is -2.09. The Morgan fingerprint density at radius 3 is 1.62 bits per heavy atom. The summed E-state index contributed by atoms with van der Waals surface area (Å²) in [4.78, 5) is 0. The Balaban J connectivity index is 1.75. The fourth-order valence-electron chi connectivity index (χ4n) is 5.20. The Labute approximate surface area is 204 Å². The third-order valence-electron chi connectivity index (χ3n) is 7.74. The fourth-order valence-corrected chi connectivity index (χ4v) is 9.88. The van der Waals surface area contributed by atoms with Crippen LogP contribution in [-0.2, 0) is 17.9 Å². The monoisotopic (exact) mass is 466 g/mol. The molecule has 0 aliphatic carbocycles. The number of benzene rings is 4. The van der Waals surface area contributed by atoms with Crippen molar-refractivity contribution in [1.82, 2.24) is 0 Å². The van der Waals surface area contributed by atoms with E-state index in [1.54, 1.807) is 24.3 Å². The molecule has 0 radical (unpaired) electrons. The van der Waals surface area contributed by atoms with Gasteiger partial charge in [0.15, 0.2) is 0 Å². The standard InChI is InChI=1S/C31H34O2Si/c1-31(27-9-5-3-6-10-27,23-21-25-13-17-28(32)18-14-25)34(2,30-11-7-4-8-12-30)24-22-26-15-19-29(33)20-16-26/h3-20,32-33H,21-24H2,1-2H3. The molecule has 2 N–H and O–H groups in total. The van der Waals surface area contributed by atoms with E-state index in [1.807, 2.05) is 24.3 Å². The molecule has 4 aromatic carbocycles. The molecule has 0 fully saturated rings. The zero-order chi connectivity index (χ0) is 24.0. The molecule has 3 heteroatoms. The molecule has 2 unspecified atom stereocenters.